The van der Waals surface area contributed by atoms with E-state index in [2.05, 4.69) is 0 Å². The van der Waals surface area contributed by atoms with E-state index < -0.39 is 0 Å². The second kappa shape index (κ2) is 3.52. The summed E-state index contributed by atoms with van der Waals surface area (Å²) in [5.41, 5.74) is 1.62. The number of carbonyl (C=O) groups excluding carboxylic acids is 1. The molecule has 4 heteroatoms. The van der Waals surface area contributed by atoms with E-state index in [-0.39, 0.29) is 24.3 Å². The van der Waals surface area contributed by atoms with E-state index in [9.17, 15) is 9.90 Å². The van der Waals surface area contributed by atoms with Gasteiger partial charge >= 0.3 is 0 Å². The van der Waals surface area contributed by atoms with E-state index in [0.717, 1.165) is 5.56 Å². The average molecular weight is 232 g/mol. The maximum absolute atomic E-state index is 11.5. The Bertz CT molecular complexity index is 530. The summed E-state index contributed by atoms with van der Waals surface area (Å²) in [6, 6.07) is 5.62. The summed E-state index contributed by atoms with van der Waals surface area (Å²) in [5, 5.41) is 9.60. The molecule has 0 fully saturated rings. The fourth-order valence-corrected chi connectivity index (χ4v) is 2.39. The summed E-state index contributed by atoms with van der Waals surface area (Å²) in [6.07, 6.45) is 0.303. The molecule has 0 radical (unpaired) electrons. The number of ether oxygens (including phenoxy) is 2. The van der Waals surface area contributed by atoms with Gasteiger partial charge in [-0.2, -0.15) is 0 Å². The first kappa shape index (κ1) is 10.2. The highest BCUT2D eigenvalue weighted by atomic mass is 16.7. The summed E-state index contributed by atoms with van der Waals surface area (Å²) in [7, 11) is 0. The second-order valence-corrected chi connectivity index (χ2v) is 4.29. The molecule has 2 aliphatic rings. The number of hydrogen-bond donors (Lipinski definition) is 1. The van der Waals surface area contributed by atoms with Crippen molar-refractivity contribution in [1.29, 1.82) is 0 Å². The van der Waals surface area contributed by atoms with Crippen molar-refractivity contribution in [2.24, 2.45) is 0 Å². The van der Waals surface area contributed by atoms with Gasteiger partial charge in [0.05, 0.1) is 0 Å². The zero-order chi connectivity index (χ0) is 12.0. The Kier molecular flexibility index (Phi) is 2.11. The van der Waals surface area contributed by atoms with Crippen LogP contribution >= 0.6 is 0 Å². The van der Waals surface area contributed by atoms with Crippen LogP contribution in [0.25, 0.3) is 0 Å². The van der Waals surface area contributed by atoms with Crippen LogP contribution in [0.4, 0.5) is 0 Å². The highest BCUT2D eigenvalue weighted by Crippen LogP contribution is 2.45. The van der Waals surface area contributed by atoms with E-state index in [0.29, 0.717) is 23.5 Å². The van der Waals surface area contributed by atoms with Crippen molar-refractivity contribution < 1.29 is 19.4 Å². The van der Waals surface area contributed by atoms with Gasteiger partial charge < -0.3 is 14.6 Å². The van der Waals surface area contributed by atoms with Gasteiger partial charge in [-0.15, -0.1) is 0 Å². The molecule has 0 unspecified atom stereocenters. The van der Waals surface area contributed by atoms with Crippen LogP contribution in [-0.4, -0.2) is 17.7 Å². The zero-order valence-corrected chi connectivity index (χ0v) is 9.40. The second-order valence-electron chi connectivity index (χ2n) is 4.29. The molecule has 1 aliphatic carbocycles. The number of rotatable bonds is 1. The lowest BCUT2D eigenvalue weighted by atomic mass is 9.92. The first-order valence-corrected chi connectivity index (χ1v) is 5.50. The Morgan fingerprint density at radius 1 is 1.35 bits per heavy atom. The summed E-state index contributed by atoms with van der Waals surface area (Å²) in [5.74, 6) is 0.989. The van der Waals surface area contributed by atoms with Crippen LogP contribution in [0.2, 0.25) is 0 Å². The molecule has 1 atom stereocenters. The fourth-order valence-electron chi connectivity index (χ4n) is 2.39. The lowest BCUT2D eigenvalue weighted by Gasteiger charge is -2.13. The molecule has 1 N–H and O–H groups in total. The number of hydrogen-bond acceptors (Lipinski definition) is 4. The third kappa shape index (κ3) is 1.40. The van der Waals surface area contributed by atoms with Crippen LogP contribution in [0.3, 0.4) is 0 Å². The lowest BCUT2D eigenvalue weighted by Crippen LogP contribution is -2.00. The van der Waals surface area contributed by atoms with Crippen LogP contribution in [0, 0.1) is 0 Å². The van der Waals surface area contributed by atoms with E-state index in [1.807, 2.05) is 18.2 Å². The number of fused-ring (bicyclic) bond motifs is 1. The normalized spacial score (nSPS) is 22.4. The Labute approximate surface area is 98.5 Å². The predicted octanol–water partition coefficient (Wildman–Crippen LogP) is 2.30. The molecule has 1 heterocycles. The molecule has 1 aromatic carbocycles. The zero-order valence-electron chi connectivity index (χ0n) is 9.40. The van der Waals surface area contributed by atoms with Crippen molar-refractivity contribution in [3.8, 4) is 11.5 Å². The topological polar surface area (TPSA) is 55.8 Å². The first-order chi connectivity index (χ1) is 8.18. The quantitative estimate of drug-likeness (QED) is 0.807. The molecule has 0 spiro atoms. The lowest BCUT2D eigenvalue weighted by molar-refractivity contribution is -0.117. The van der Waals surface area contributed by atoms with Crippen LogP contribution < -0.4 is 9.47 Å². The number of Topliss-reactive ketones (excluding diaryl/α,β-unsaturated/α-hetero) is 1. The number of para-hydroxylation sites is 1. The van der Waals surface area contributed by atoms with Crippen molar-refractivity contribution >= 4 is 5.78 Å². The number of benzene rings is 1. The Morgan fingerprint density at radius 3 is 2.88 bits per heavy atom. The molecular weight excluding hydrogens is 220 g/mol. The van der Waals surface area contributed by atoms with Gasteiger partial charge in [0.25, 0.3) is 0 Å². The summed E-state index contributed by atoms with van der Waals surface area (Å²) < 4.78 is 10.7. The molecule has 0 saturated carbocycles. The van der Waals surface area contributed by atoms with Gasteiger partial charge in [-0.1, -0.05) is 12.1 Å². The Balaban J connectivity index is 2.07. The molecule has 1 aromatic rings. The summed E-state index contributed by atoms with van der Waals surface area (Å²) in [6.45, 7) is 1.99. The number of ketones is 1. The van der Waals surface area contributed by atoms with Crippen LogP contribution in [0.5, 0.6) is 11.5 Å². The number of carbonyl (C=O) groups is 1. The van der Waals surface area contributed by atoms with E-state index in [1.54, 1.807) is 6.92 Å². The van der Waals surface area contributed by atoms with Gasteiger partial charge in [0.15, 0.2) is 23.0 Å². The maximum atomic E-state index is 11.5. The van der Waals surface area contributed by atoms with Crippen molar-refractivity contribution in [3.63, 3.8) is 0 Å². The molecule has 0 bridgehead atoms. The van der Waals surface area contributed by atoms with Crippen LogP contribution in [0.15, 0.2) is 29.5 Å². The number of aliphatic hydroxyl groups excluding tert-OH is 1. The van der Waals surface area contributed by atoms with Crippen molar-refractivity contribution in [2.45, 2.75) is 19.3 Å². The smallest absolute Gasteiger partial charge is 0.231 e. The molecule has 0 amide bonds. The molecule has 3 rings (SSSR count). The highest BCUT2D eigenvalue weighted by molar-refractivity contribution is 5.97. The third-order valence-electron chi connectivity index (χ3n) is 3.35. The number of allylic oxidation sites excluding steroid dienone is 2. The minimum Gasteiger partial charge on any atom is -0.504 e. The SMILES string of the molecule is CC1=C(O)C(=O)C[C@H]1c1cccc2c1OCO2. The number of aliphatic hydroxyl groups is 1. The van der Waals surface area contributed by atoms with Gasteiger partial charge in [-0.05, 0) is 18.6 Å². The maximum Gasteiger partial charge on any atom is 0.231 e. The van der Waals surface area contributed by atoms with Gasteiger partial charge in [-0.3, -0.25) is 4.79 Å². The van der Waals surface area contributed by atoms with Crippen LogP contribution in [-0.2, 0) is 4.79 Å². The summed E-state index contributed by atoms with van der Waals surface area (Å²) in [4.78, 5) is 11.5. The Morgan fingerprint density at radius 2 is 2.18 bits per heavy atom. The largest absolute Gasteiger partial charge is 0.504 e. The minimum absolute atomic E-state index is 0.0980. The first-order valence-electron chi connectivity index (χ1n) is 5.50. The van der Waals surface area contributed by atoms with Crippen molar-refractivity contribution in [3.05, 3.63) is 35.1 Å². The average Bonchev–Trinajstić information content (AvgIpc) is 2.89. The predicted molar refractivity (Wildman–Crippen MR) is 60.3 cm³/mol. The van der Waals surface area contributed by atoms with Crippen LogP contribution in [0.1, 0.15) is 24.8 Å². The molecule has 4 nitrogen and oxygen atoms in total. The molecule has 88 valence electrons. The van der Waals surface area contributed by atoms with Gasteiger partial charge in [0.1, 0.15) is 0 Å². The minimum atomic E-state index is -0.205. The van der Waals surface area contributed by atoms with Gasteiger partial charge in [0, 0.05) is 17.9 Å². The molecule has 0 aromatic heterocycles. The standard InChI is InChI=1S/C13H12O4/c1-7-9(5-10(14)12(7)15)8-3-2-4-11-13(8)17-6-16-11/h2-4,9,15H,5-6H2,1H3/t9-/m1/s1. The highest BCUT2D eigenvalue weighted by Gasteiger charge is 2.34. The molecule has 1 aliphatic heterocycles. The fraction of sp³-hybridized carbons (Fsp3) is 0.308. The monoisotopic (exact) mass is 232 g/mol. The molecular formula is C13H12O4. The van der Waals surface area contributed by atoms with E-state index in [4.69, 9.17) is 9.47 Å². The summed E-state index contributed by atoms with van der Waals surface area (Å²) >= 11 is 0. The van der Waals surface area contributed by atoms with E-state index >= 15 is 0 Å². The molecule has 0 saturated heterocycles. The van der Waals surface area contributed by atoms with Gasteiger partial charge in [0.2, 0.25) is 6.79 Å². The van der Waals surface area contributed by atoms with Gasteiger partial charge in [-0.25, -0.2) is 0 Å². The molecule has 17 heavy (non-hydrogen) atoms. The Hall–Kier alpha value is -1.97. The van der Waals surface area contributed by atoms with Crippen molar-refractivity contribution in [1.82, 2.24) is 0 Å². The van der Waals surface area contributed by atoms with Crippen molar-refractivity contribution in [2.75, 3.05) is 6.79 Å². The third-order valence-corrected chi connectivity index (χ3v) is 3.35. The van der Waals surface area contributed by atoms with E-state index in [1.165, 1.54) is 0 Å².